The summed E-state index contributed by atoms with van der Waals surface area (Å²) in [6.45, 7) is 2.26. The summed E-state index contributed by atoms with van der Waals surface area (Å²) in [4.78, 5) is 0. The number of halogens is 6. The van der Waals surface area contributed by atoms with E-state index in [-0.39, 0.29) is 24.3 Å². The lowest BCUT2D eigenvalue weighted by molar-refractivity contribution is -0.0601. The van der Waals surface area contributed by atoms with Crippen LogP contribution in [0.1, 0.15) is 30.9 Å². The Morgan fingerprint density at radius 2 is 1.32 bits per heavy atom. The lowest BCUT2D eigenvalue weighted by atomic mass is 10.1. The Hall–Kier alpha value is -2.89. The number of hydrogen-bond donors (Lipinski definition) is 1. The van der Waals surface area contributed by atoms with Crippen molar-refractivity contribution in [1.29, 1.82) is 5.41 Å². The van der Waals surface area contributed by atoms with Crippen molar-refractivity contribution in [3.63, 3.8) is 0 Å². The molecule has 5 nitrogen and oxygen atoms in total. The minimum atomic E-state index is -4.72. The Morgan fingerprint density at radius 3 is 1.76 bits per heavy atom. The normalized spacial score (nSPS) is 12.4. The molecule has 12 heteroatoms. The van der Waals surface area contributed by atoms with Crippen LogP contribution in [-0.4, -0.2) is 42.7 Å². The number of ether oxygens (including phenoxy) is 2. The largest absolute Gasteiger partial charge is 0.493 e. The quantitative estimate of drug-likeness (QED) is 0.113. The topological polar surface area (TPSA) is 63.9 Å². The molecule has 186 valence electrons. The maximum Gasteiger partial charge on any atom is 0.437 e. The van der Waals surface area contributed by atoms with Crippen LogP contribution in [0.4, 0.5) is 26.3 Å². The van der Waals surface area contributed by atoms with Gasteiger partial charge >= 0.3 is 12.4 Å². The van der Waals surface area contributed by atoms with E-state index in [1.807, 2.05) is 6.92 Å². The summed E-state index contributed by atoms with van der Waals surface area (Å²) in [6, 6.07) is 10.2. The number of oxime groups is 1. The molecule has 0 heterocycles. The molecule has 0 aliphatic rings. The summed E-state index contributed by atoms with van der Waals surface area (Å²) in [6.07, 6.45) is -8.25. The minimum absolute atomic E-state index is 0.165. The predicted molar refractivity (Wildman–Crippen MR) is 118 cm³/mol. The Bertz CT molecular complexity index is 945. The van der Waals surface area contributed by atoms with Gasteiger partial charge in [-0.15, -0.1) is 0 Å². The van der Waals surface area contributed by atoms with E-state index in [0.717, 1.165) is 30.6 Å². The van der Waals surface area contributed by atoms with Gasteiger partial charge in [-0.3, -0.25) is 5.41 Å². The number of rotatable bonds is 12. The molecule has 0 saturated carbocycles. The number of nitrogens with zero attached hydrogens (tertiary/aromatic N) is 1. The number of alkyl halides is 6. The monoisotopic (exact) mass is 508 g/mol. The van der Waals surface area contributed by atoms with Crippen molar-refractivity contribution in [2.45, 2.75) is 32.1 Å². The van der Waals surface area contributed by atoms with Gasteiger partial charge in [0.2, 0.25) is 0 Å². The first kappa shape index (κ1) is 27.4. The zero-order chi connectivity index (χ0) is 25.2. The van der Waals surface area contributed by atoms with Crippen LogP contribution in [0.2, 0.25) is 0 Å². The van der Waals surface area contributed by atoms with Crippen LogP contribution < -0.4 is 9.47 Å². The number of benzene rings is 2. The van der Waals surface area contributed by atoms with Crippen LogP contribution in [0.5, 0.6) is 11.5 Å². The molecular weight excluding hydrogens is 486 g/mol. The van der Waals surface area contributed by atoms with E-state index in [4.69, 9.17) is 14.9 Å². The third-order valence-electron chi connectivity index (χ3n) is 4.12. The van der Waals surface area contributed by atoms with E-state index in [1.165, 1.54) is 36.4 Å². The van der Waals surface area contributed by atoms with Gasteiger partial charge in [-0.2, -0.15) is 26.3 Å². The first-order valence-electron chi connectivity index (χ1n) is 10.1. The first-order valence-corrected chi connectivity index (χ1v) is 11.0. The molecule has 0 amide bonds. The molecule has 0 unspecified atom stereocenters. The van der Waals surface area contributed by atoms with Crippen molar-refractivity contribution in [2.75, 3.05) is 19.0 Å². The van der Waals surface area contributed by atoms with Crippen LogP contribution in [0.3, 0.4) is 0 Å². The summed E-state index contributed by atoms with van der Waals surface area (Å²) in [7, 11) is 0. The summed E-state index contributed by atoms with van der Waals surface area (Å²) in [5.41, 5.74) is -3.01. The molecule has 0 radical (unpaired) electrons. The summed E-state index contributed by atoms with van der Waals surface area (Å²) in [5, 5.41) is 10.3. The standard InChI is InChI=1S/C22H22F6N2O3S/c1-2-14-34-33-30-20(22(26,27)28)16-6-10-18(11-7-16)32-13-3-12-31-17-8-4-15(5-9-17)19(29)21(23,24)25/h4-11,29H,2-3,12-14H2,1H3/b29-19?,30-20-. The molecule has 34 heavy (non-hydrogen) atoms. The zero-order valence-corrected chi connectivity index (χ0v) is 18.8. The molecule has 0 aliphatic carbocycles. The molecule has 2 aromatic rings. The second-order valence-corrected chi connectivity index (χ2v) is 7.60. The minimum Gasteiger partial charge on any atom is -0.493 e. The highest BCUT2D eigenvalue weighted by Crippen LogP contribution is 2.26. The molecule has 0 aliphatic heterocycles. The van der Waals surface area contributed by atoms with Crippen molar-refractivity contribution < 1.29 is 40.1 Å². The predicted octanol–water partition coefficient (Wildman–Crippen LogP) is 6.81. The average Bonchev–Trinajstić information content (AvgIpc) is 2.78. The van der Waals surface area contributed by atoms with Crippen molar-refractivity contribution in [1.82, 2.24) is 0 Å². The molecule has 0 aromatic heterocycles. The Kier molecular flexibility index (Phi) is 10.1. The second-order valence-electron chi connectivity index (χ2n) is 6.81. The maximum atomic E-state index is 13.2. The van der Waals surface area contributed by atoms with Gasteiger partial charge < -0.3 is 13.8 Å². The Labute approximate surface area is 196 Å². The third-order valence-corrected chi connectivity index (χ3v) is 4.87. The average molecular weight is 508 g/mol. The van der Waals surface area contributed by atoms with Crippen LogP contribution >= 0.6 is 12.0 Å². The van der Waals surface area contributed by atoms with E-state index in [2.05, 4.69) is 9.44 Å². The molecule has 1 N–H and O–H groups in total. The van der Waals surface area contributed by atoms with E-state index in [9.17, 15) is 26.3 Å². The van der Waals surface area contributed by atoms with Crippen LogP contribution in [0.15, 0.2) is 53.7 Å². The summed E-state index contributed by atoms with van der Waals surface area (Å²) in [5.74, 6) is 1.20. The van der Waals surface area contributed by atoms with Crippen LogP contribution in [0.25, 0.3) is 0 Å². The highest BCUT2D eigenvalue weighted by molar-refractivity contribution is 7.94. The van der Waals surface area contributed by atoms with E-state index < -0.39 is 23.8 Å². The van der Waals surface area contributed by atoms with Gasteiger partial charge in [-0.25, -0.2) is 0 Å². The van der Waals surface area contributed by atoms with Gasteiger partial charge in [-0.1, -0.05) is 12.1 Å². The molecule has 0 fully saturated rings. The number of hydrogen-bond acceptors (Lipinski definition) is 6. The zero-order valence-electron chi connectivity index (χ0n) is 18.0. The van der Waals surface area contributed by atoms with Gasteiger partial charge in [-0.05, 0) is 55.0 Å². The molecule has 2 aromatic carbocycles. The first-order chi connectivity index (χ1) is 16.0. The highest BCUT2D eigenvalue weighted by Gasteiger charge is 2.38. The maximum absolute atomic E-state index is 13.2. The second kappa shape index (κ2) is 12.5. The molecular formula is C22H22F6N2O3S. The molecule has 0 spiro atoms. The summed E-state index contributed by atoms with van der Waals surface area (Å²) >= 11 is 0.834. The molecule has 0 bridgehead atoms. The molecule has 0 atom stereocenters. The lowest BCUT2D eigenvalue weighted by Gasteiger charge is -2.12. The third kappa shape index (κ3) is 8.81. The SMILES string of the molecule is CCCSO/N=C(/c1ccc(OCCCOc2ccc(C(=N)C(F)(F)F)cc2)cc1)C(F)(F)F. The fourth-order valence-corrected chi connectivity index (χ4v) is 2.85. The van der Waals surface area contributed by atoms with Crippen molar-refractivity contribution in [3.05, 3.63) is 59.7 Å². The summed E-state index contributed by atoms with van der Waals surface area (Å²) < 4.78 is 92.8. The highest BCUT2D eigenvalue weighted by atomic mass is 32.2. The van der Waals surface area contributed by atoms with Crippen LogP contribution in [-0.2, 0) is 4.28 Å². The van der Waals surface area contributed by atoms with E-state index in [0.29, 0.717) is 23.7 Å². The van der Waals surface area contributed by atoms with Gasteiger partial charge in [0.25, 0.3) is 0 Å². The van der Waals surface area contributed by atoms with Gasteiger partial charge in [0.05, 0.1) is 25.3 Å². The van der Waals surface area contributed by atoms with E-state index in [1.54, 1.807) is 0 Å². The van der Waals surface area contributed by atoms with Crippen LogP contribution in [0, 0.1) is 5.41 Å². The Balaban J connectivity index is 1.81. The van der Waals surface area contributed by atoms with E-state index >= 15 is 0 Å². The number of nitrogens with one attached hydrogen (secondary N) is 1. The fourth-order valence-electron chi connectivity index (χ4n) is 2.48. The molecule has 0 saturated heterocycles. The van der Waals surface area contributed by atoms with Gasteiger partial charge in [0.15, 0.2) is 5.71 Å². The van der Waals surface area contributed by atoms with Gasteiger partial charge in [0, 0.05) is 23.3 Å². The van der Waals surface area contributed by atoms with Crippen molar-refractivity contribution in [3.8, 4) is 11.5 Å². The Morgan fingerprint density at radius 1 is 0.824 bits per heavy atom. The van der Waals surface area contributed by atoms with Crippen molar-refractivity contribution >= 4 is 23.5 Å². The lowest BCUT2D eigenvalue weighted by Crippen LogP contribution is -2.24. The molecule has 2 rings (SSSR count). The van der Waals surface area contributed by atoms with Crippen molar-refractivity contribution in [2.24, 2.45) is 5.16 Å². The van der Waals surface area contributed by atoms with Gasteiger partial charge in [0.1, 0.15) is 17.2 Å². The fraction of sp³-hybridized carbons (Fsp3) is 0.364. The smallest absolute Gasteiger partial charge is 0.437 e.